The SMILES string of the molecule is Cc1ccc(C2(CCN3[C@@H]4CC[C@H]3CC(n3c(C)nc5ccccc53)C4)CCNCC2)cc1. The Labute approximate surface area is 198 Å². The highest BCUT2D eigenvalue weighted by Crippen LogP contribution is 2.44. The fourth-order valence-corrected chi connectivity index (χ4v) is 7.29. The number of aryl methyl sites for hydroxylation is 2. The molecule has 3 fully saturated rings. The maximum atomic E-state index is 4.87. The van der Waals surface area contributed by atoms with Gasteiger partial charge in [-0.3, -0.25) is 4.90 Å². The van der Waals surface area contributed by atoms with Crippen molar-refractivity contribution in [3.05, 3.63) is 65.5 Å². The van der Waals surface area contributed by atoms with Crippen molar-refractivity contribution in [3.8, 4) is 0 Å². The number of hydrogen-bond acceptors (Lipinski definition) is 3. The van der Waals surface area contributed by atoms with Gasteiger partial charge in [0.25, 0.3) is 0 Å². The zero-order valence-corrected chi connectivity index (χ0v) is 20.3. The van der Waals surface area contributed by atoms with E-state index in [1.165, 1.54) is 68.4 Å². The number of benzene rings is 2. The molecule has 0 radical (unpaired) electrons. The van der Waals surface area contributed by atoms with Crippen molar-refractivity contribution in [2.45, 2.75) is 82.3 Å². The van der Waals surface area contributed by atoms with E-state index in [9.17, 15) is 0 Å². The van der Waals surface area contributed by atoms with Gasteiger partial charge >= 0.3 is 0 Å². The van der Waals surface area contributed by atoms with Gasteiger partial charge in [-0.25, -0.2) is 4.98 Å². The van der Waals surface area contributed by atoms with Gasteiger partial charge in [-0.2, -0.15) is 0 Å². The number of rotatable bonds is 5. The molecule has 0 saturated carbocycles. The van der Waals surface area contributed by atoms with Crippen LogP contribution in [0, 0.1) is 13.8 Å². The molecule has 1 unspecified atom stereocenters. The van der Waals surface area contributed by atoms with Crippen LogP contribution in [0.5, 0.6) is 0 Å². The van der Waals surface area contributed by atoms with Gasteiger partial charge in [0.05, 0.1) is 11.0 Å². The van der Waals surface area contributed by atoms with Gasteiger partial charge in [0.2, 0.25) is 0 Å². The predicted octanol–water partition coefficient (Wildman–Crippen LogP) is 5.53. The van der Waals surface area contributed by atoms with Crippen molar-refractivity contribution in [1.29, 1.82) is 0 Å². The number of aromatic nitrogens is 2. The molecule has 4 heteroatoms. The lowest BCUT2D eigenvalue weighted by molar-refractivity contribution is 0.0929. The molecule has 0 spiro atoms. The molecule has 4 nitrogen and oxygen atoms in total. The molecule has 3 atom stereocenters. The standard InChI is InChI=1S/C29H38N4/c1-21-7-9-23(10-8-21)29(13-16-30-17-14-29)15-18-32-24-11-12-25(32)20-26(19-24)33-22(2)31-27-5-3-4-6-28(27)33/h3-10,24-26,30H,11-20H2,1-2H3/t24-,25+,26?. The van der Waals surface area contributed by atoms with Crippen molar-refractivity contribution in [2.24, 2.45) is 0 Å². The Morgan fingerprint density at radius 2 is 1.61 bits per heavy atom. The van der Waals surface area contributed by atoms with E-state index in [4.69, 9.17) is 4.98 Å². The van der Waals surface area contributed by atoms with Crippen LogP contribution in [0.25, 0.3) is 11.0 Å². The molecule has 3 aliphatic heterocycles. The summed E-state index contributed by atoms with van der Waals surface area (Å²) in [4.78, 5) is 7.77. The molecule has 0 amide bonds. The summed E-state index contributed by atoms with van der Waals surface area (Å²) in [6.45, 7) is 7.94. The molecule has 1 N–H and O–H groups in total. The highest BCUT2D eigenvalue weighted by Gasteiger charge is 2.43. The molecule has 3 aliphatic rings. The molecule has 3 saturated heterocycles. The molecule has 3 aromatic rings. The lowest BCUT2D eigenvalue weighted by atomic mass is 9.70. The lowest BCUT2D eigenvalue weighted by Crippen LogP contribution is -2.47. The van der Waals surface area contributed by atoms with E-state index in [-0.39, 0.29) is 0 Å². The molecule has 33 heavy (non-hydrogen) atoms. The highest BCUT2D eigenvalue weighted by molar-refractivity contribution is 5.76. The third-order valence-electron chi connectivity index (χ3n) is 9.07. The minimum atomic E-state index is 0.340. The second-order valence-electron chi connectivity index (χ2n) is 10.9. The van der Waals surface area contributed by atoms with Crippen LogP contribution in [0.15, 0.2) is 48.5 Å². The number of nitrogens with zero attached hydrogens (tertiary/aromatic N) is 3. The van der Waals surface area contributed by atoms with Gasteiger partial charge in [0, 0.05) is 18.1 Å². The Morgan fingerprint density at radius 1 is 0.909 bits per heavy atom. The first-order chi connectivity index (χ1) is 16.1. The summed E-state index contributed by atoms with van der Waals surface area (Å²) >= 11 is 0. The lowest BCUT2D eigenvalue weighted by Gasteiger charge is -2.44. The molecular formula is C29H38N4. The van der Waals surface area contributed by atoms with Crippen LogP contribution < -0.4 is 5.32 Å². The van der Waals surface area contributed by atoms with E-state index < -0.39 is 0 Å². The Bertz CT molecular complexity index is 1090. The van der Waals surface area contributed by atoms with Crippen molar-refractivity contribution < 1.29 is 0 Å². The van der Waals surface area contributed by atoms with Gasteiger partial charge < -0.3 is 9.88 Å². The van der Waals surface area contributed by atoms with E-state index in [0.29, 0.717) is 11.5 Å². The molecule has 2 aromatic carbocycles. The second kappa shape index (κ2) is 8.56. The zero-order valence-electron chi connectivity index (χ0n) is 20.3. The van der Waals surface area contributed by atoms with Crippen molar-refractivity contribution in [2.75, 3.05) is 19.6 Å². The van der Waals surface area contributed by atoms with E-state index in [0.717, 1.165) is 30.7 Å². The molecule has 6 rings (SSSR count). The summed E-state index contributed by atoms with van der Waals surface area (Å²) < 4.78 is 2.55. The maximum absolute atomic E-state index is 4.87. The highest BCUT2D eigenvalue weighted by atomic mass is 15.2. The van der Waals surface area contributed by atoms with Gasteiger partial charge in [0.1, 0.15) is 5.82 Å². The third-order valence-corrected chi connectivity index (χ3v) is 9.07. The maximum Gasteiger partial charge on any atom is 0.106 e. The summed E-state index contributed by atoms with van der Waals surface area (Å²) in [7, 11) is 0. The molecule has 0 aliphatic carbocycles. The number of piperidine rings is 2. The molecule has 1 aromatic heterocycles. The zero-order chi connectivity index (χ0) is 22.4. The Balaban J connectivity index is 1.20. The van der Waals surface area contributed by atoms with Crippen LogP contribution in [0.1, 0.15) is 67.9 Å². The van der Waals surface area contributed by atoms with Crippen molar-refractivity contribution in [3.63, 3.8) is 0 Å². The molecule has 174 valence electrons. The monoisotopic (exact) mass is 442 g/mol. The number of hydrogen-bond donors (Lipinski definition) is 1. The Kier molecular flexibility index (Phi) is 5.54. The van der Waals surface area contributed by atoms with Crippen LogP contribution >= 0.6 is 0 Å². The van der Waals surface area contributed by atoms with Gasteiger partial charge in [0.15, 0.2) is 0 Å². The predicted molar refractivity (Wildman–Crippen MR) is 136 cm³/mol. The van der Waals surface area contributed by atoms with E-state index >= 15 is 0 Å². The smallest absolute Gasteiger partial charge is 0.106 e. The second-order valence-corrected chi connectivity index (χ2v) is 10.9. The Morgan fingerprint density at radius 3 is 2.33 bits per heavy atom. The first-order valence-electron chi connectivity index (χ1n) is 13.1. The Hall–Kier alpha value is -2.17. The fraction of sp³-hybridized carbons (Fsp3) is 0.552. The number of imidazole rings is 1. The minimum absolute atomic E-state index is 0.340. The van der Waals surface area contributed by atoms with Crippen LogP contribution in [-0.4, -0.2) is 46.2 Å². The molecular weight excluding hydrogens is 404 g/mol. The fourth-order valence-electron chi connectivity index (χ4n) is 7.29. The topological polar surface area (TPSA) is 33.1 Å². The first kappa shape index (κ1) is 21.4. The summed E-state index contributed by atoms with van der Waals surface area (Å²) in [6, 6.07) is 20.2. The minimum Gasteiger partial charge on any atom is -0.325 e. The number of nitrogens with one attached hydrogen (secondary N) is 1. The van der Waals surface area contributed by atoms with E-state index in [1.54, 1.807) is 5.56 Å². The van der Waals surface area contributed by atoms with Crippen LogP contribution in [0.3, 0.4) is 0 Å². The first-order valence-corrected chi connectivity index (χ1v) is 13.1. The van der Waals surface area contributed by atoms with Crippen LogP contribution in [0.4, 0.5) is 0 Å². The molecule has 4 heterocycles. The van der Waals surface area contributed by atoms with Gasteiger partial charge in [-0.05, 0) is 102 Å². The van der Waals surface area contributed by atoms with Gasteiger partial charge in [-0.15, -0.1) is 0 Å². The normalized spacial score (nSPS) is 27.3. The number of para-hydroxylation sites is 2. The third kappa shape index (κ3) is 3.81. The summed E-state index contributed by atoms with van der Waals surface area (Å²) in [5.74, 6) is 1.18. The van der Waals surface area contributed by atoms with E-state index in [2.05, 4.69) is 77.2 Å². The van der Waals surface area contributed by atoms with E-state index in [1.807, 2.05) is 0 Å². The van der Waals surface area contributed by atoms with Crippen LogP contribution in [-0.2, 0) is 5.41 Å². The number of fused-ring (bicyclic) bond motifs is 3. The summed E-state index contributed by atoms with van der Waals surface area (Å²) in [6.07, 6.45) is 9.11. The van der Waals surface area contributed by atoms with Crippen molar-refractivity contribution >= 4 is 11.0 Å². The average molecular weight is 443 g/mol. The quantitative estimate of drug-likeness (QED) is 0.564. The molecule has 2 bridgehead atoms. The van der Waals surface area contributed by atoms with Crippen LogP contribution in [0.2, 0.25) is 0 Å². The largest absolute Gasteiger partial charge is 0.325 e. The summed E-state index contributed by atoms with van der Waals surface area (Å²) in [5, 5.41) is 3.61. The van der Waals surface area contributed by atoms with Gasteiger partial charge in [-0.1, -0.05) is 42.0 Å². The average Bonchev–Trinajstić information content (AvgIpc) is 3.29. The van der Waals surface area contributed by atoms with Crippen molar-refractivity contribution in [1.82, 2.24) is 19.8 Å². The summed E-state index contributed by atoms with van der Waals surface area (Å²) in [5.41, 5.74) is 5.74.